The van der Waals surface area contributed by atoms with Crippen LogP contribution in [0, 0.1) is 0 Å². The van der Waals surface area contributed by atoms with E-state index in [-0.39, 0.29) is 13.2 Å². The van der Waals surface area contributed by atoms with E-state index in [1.165, 1.54) is 28.6 Å². The number of hydrogen-bond acceptors (Lipinski definition) is 6. The Bertz CT molecular complexity index is 1070. The average molecular weight is 415 g/mol. The first-order chi connectivity index (χ1) is 12.8. The second kappa shape index (κ2) is 6.56. The topological polar surface area (TPSA) is 40.5 Å². The normalized spacial score (nSPS) is 11.8. The zero-order chi connectivity index (χ0) is 17.7. The average Bonchev–Trinajstić information content (AvgIpc) is 3.39. The van der Waals surface area contributed by atoms with E-state index in [9.17, 15) is 10.2 Å². The van der Waals surface area contributed by atoms with E-state index in [0.29, 0.717) is 0 Å². The summed E-state index contributed by atoms with van der Waals surface area (Å²) in [5.41, 5.74) is 3.85. The van der Waals surface area contributed by atoms with Gasteiger partial charge in [0.25, 0.3) is 0 Å². The van der Waals surface area contributed by atoms with Crippen LogP contribution in [0.1, 0.15) is 11.1 Å². The number of hydrogen-bond donors (Lipinski definition) is 2. The molecule has 0 saturated heterocycles. The molecule has 2 nitrogen and oxygen atoms in total. The highest BCUT2D eigenvalue weighted by molar-refractivity contribution is 7.29. The minimum absolute atomic E-state index is 0.0340. The van der Waals surface area contributed by atoms with Crippen molar-refractivity contribution < 1.29 is 10.2 Å². The van der Waals surface area contributed by atoms with Crippen LogP contribution in [0.5, 0.6) is 0 Å². The van der Waals surface area contributed by atoms with Crippen molar-refractivity contribution in [1.82, 2.24) is 0 Å². The smallest absolute Gasteiger partial charge is 0.0688 e. The van der Waals surface area contributed by atoms with Crippen LogP contribution in [0.15, 0.2) is 47.2 Å². The van der Waals surface area contributed by atoms with Gasteiger partial charge in [0.1, 0.15) is 0 Å². The summed E-state index contributed by atoms with van der Waals surface area (Å²) in [6.45, 7) is -0.0681. The molecule has 26 heavy (non-hydrogen) atoms. The first-order valence-corrected chi connectivity index (χ1v) is 11.5. The molecule has 5 rings (SSSR count). The monoisotopic (exact) mass is 414 g/mol. The molecule has 1 aromatic carbocycles. The fraction of sp³-hybridized carbons (Fsp3) is 0.100. The summed E-state index contributed by atoms with van der Waals surface area (Å²) in [7, 11) is 0. The third kappa shape index (κ3) is 2.65. The van der Waals surface area contributed by atoms with Crippen molar-refractivity contribution in [2.75, 3.05) is 0 Å². The van der Waals surface area contributed by atoms with Gasteiger partial charge in [0.2, 0.25) is 0 Å². The molecule has 0 fully saturated rings. The summed E-state index contributed by atoms with van der Waals surface area (Å²) >= 11 is 6.99. The lowest BCUT2D eigenvalue weighted by atomic mass is 9.97. The summed E-state index contributed by atoms with van der Waals surface area (Å²) in [4.78, 5) is 2.33. The van der Waals surface area contributed by atoms with Gasteiger partial charge in [0.05, 0.1) is 13.2 Å². The number of fused-ring (bicyclic) bond motifs is 2. The van der Waals surface area contributed by atoms with E-state index in [1.54, 1.807) is 45.3 Å². The summed E-state index contributed by atoms with van der Waals surface area (Å²) in [6.07, 6.45) is 0. The number of aliphatic hydroxyl groups excluding tert-OH is 2. The first-order valence-electron chi connectivity index (χ1n) is 8.09. The van der Waals surface area contributed by atoms with Crippen molar-refractivity contribution in [3.63, 3.8) is 0 Å². The Hall–Kier alpha value is -1.54. The Morgan fingerprint density at radius 3 is 1.54 bits per heavy atom. The molecule has 0 saturated carbocycles. The van der Waals surface area contributed by atoms with Crippen molar-refractivity contribution >= 4 is 64.1 Å². The van der Waals surface area contributed by atoms with Gasteiger partial charge in [-0.25, -0.2) is 0 Å². The van der Waals surface area contributed by atoms with Crippen LogP contribution in [0.3, 0.4) is 0 Å². The molecule has 0 aliphatic carbocycles. The highest BCUT2D eigenvalue weighted by Crippen LogP contribution is 2.43. The highest BCUT2D eigenvalue weighted by atomic mass is 32.1. The number of benzene rings is 1. The van der Waals surface area contributed by atoms with Crippen LogP contribution in [-0.4, -0.2) is 10.2 Å². The third-order valence-corrected chi connectivity index (χ3v) is 8.73. The molecule has 0 aliphatic rings. The molecule has 4 aromatic heterocycles. The van der Waals surface area contributed by atoms with E-state index in [4.69, 9.17) is 0 Å². The Balaban J connectivity index is 1.73. The molecule has 4 heterocycles. The Morgan fingerprint density at radius 1 is 0.615 bits per heavy atom. The second-order valence-corrected chi connectivity index (χ2v) is 10.1. The number of aliphatic hydroxyl groups is 2. The molecule has 130 valence electrons. The minimum Gasteiger partial charge on any atom is -0.392 e. The van der Waals surface area contributed by atoms with Crippen molar-refractivity contribution in [2.45, 2.75) is 13.2 Å². The molecule has 0 spiro atoms. The standard InChI is InChI=1S/C20H14O2S4/c21-9-11-5-12(10-22)14(18-8-20-16(26-18)2-4-24-20)6-13(11)17-7-19-15(25-17)1-3-23-19/h1-8,21-22H,9-10H2. The molecule has 5 aromatic rings. The van der Waals surface area contributed by atoms with Crippen LogP contribution >= 0.6 is 45.3 Å². The van der Waals surface area contributed by atoms with Gasteiger partial charge in [-0.2, -0.15) is 0 Å². The number of thiophene rings is 4. The van der Waals surface area contributed by atoms with Crippen molar-refractivity contribution in [3.8, 4) is 20.9 Å². The minimum atomic E-state index is -0.0340. The molecule has 2 N–H and O–H groups in total. The van der Waals surface area contributed by atoms with E-state index >= 15 is 0 Å². The molecular formula is C20H14O2S4. The van der Waals surface area contributed by atoms with Crippen LogP contribution in [-0.2, 0) is 13.2 Å². The Morgan fingerprint density at radius 2 is 1.12 bits per heavy atom. The lowest BCUT2D eigenvalue weighted by Gasteiger charge is -2.13. The van der Waals surface area contributed by atoms with Gasteiger partial charge >= 0.3 is 0 Å². The summed E-state index contributed by atoms with van der Waals surface area (Å²) in [5, 5.41) is 24.0. The van der Waals surface area contributed by atoms with Crippen LogP contribution in [0.2, 0.25) is 0 Å². The lowest BCUT2D eigenvalue weighted by molar-refractivity contribution is 0.276. The molecule has 0 amide bonds. The summed E-state index contributed by atoms with van der Waals surface area (Å²) in [6, 6.07) is 12.8. The van der Waals surface area contributed by atoms with Gasteiger partial charge in [0.15, 0.2) is 0 Å². The van der Waals surface area contributed by atoms with Gasteiger partial charge < -0.3 is 10.2 Å². The first kappa shape index (κ1) is 16.6. The zero-order valence-electron chi connectivity index (χ0n) is 13.6. The molecule has 0 atom stereocenters. The molecule has 0 aliphatic heterocycles. The largest absolute Gasteiger partial charge is 0.392 e. The molecule has 6 heteroatoms. The second-order valence-electron chi connectivity index (χ2n) is 6.00. The van der Waals surface area contributed by atoms with E-state index in [2.05, 4.69) is 41.1 Å². The third-order valence-electron chi connectivity index (χ3n) is 4.48. The fourth-order valence-corrected chi connectivity index (χ4v) is 7.53. The van der Waals surface area contributed by atoms with E-state index in [0.717, 1.165) is 22.3 Å². The van der Waals surface area contributed by atoms with Gasteiger partial charge in [-0.3, -0.25) is 0 Å². The zero-order valence-corrected chi connectivity index (χ0v) is 16.8. The van der Waals surface area contributed by atoms with Gasteiger partial charge in [-0.15, -0.1) is 45.3 Å². The Labute approximate surface area is 166 Å². The Kier molecular flexibility index (Phi) is 4.20. The van der Waals surface area contributed by atoms with Crippen molar-refractivity contribution in [3.05, 3.63) is 58.3 Å². The van der Waals surface area contributed by atoms with Crippen LogP contribution in [0.4, 0.5) is 0 Å². The quantitative estimate of drug-likeness (QED) is 0.350. The summed E-state index contributed by atoms with van der Waals surface area (Å²) < 4.78 is 5.10. The van der Waals surface area contributed by atoms with Crippen LogP contribution in [0.25, 0.3) is 39.7 Å². The van der Waals surface area contributed by atoms with E-state index < -0.39 is 0 Å². The van der Waals surface area contributed by atoms with Crippen molar-refractivity contribution in [1.29, 1.82) is 0 Å². The molecule has 0 unspecified atom stereocenters. The maximum absolute atomic E-state index is 9.90. The van der Waals surface area contributed by atoms with Crippen molar-refractivity contribution in [2.24, 2.45) is 0 Å². The van der Waals surface area contributed by atoms with Crippen LogP contribution < -0.4 is 0 Å². The highest BCUT2D eigenvalue weighted by Gasteiger charge is 2.16. The van der Waals surface area contributed by atoms with Gasteiger partial charge in [0, 0.05) is 28.6 Å². The van der Waals surface area contributed by atoms with Gasteiger partial charge in [-0.05, 0) is 69.4 Å². The fourth-order valence-electron chi connectivity index (χ4n) is 3.21. The molecule has 0 radical (unpaired) electrons. The van der Waals surface area contributed by atoms with E-state index in [1.807, 2.05) is 6.07 Å². The van der Waals surface area contributed by atoms with Gasteiger partial charge in [-0.1, -0.05) is 0 Å². The summed E-state index contributed by atoms with van der Waals surface area (Å²) in [5.74, 6) is 0. The number of rotatable bonds is 4. The SMILES string of the molecule is OCc1cc(CO)c(-c2cc3sccc3s2)cc1-c1cc2sccc2s1. The maximum atomic E-state index is 9.90. The maximum Gasteiger partial charge on any atom is 0.0688 e. The molecular weight excluding hydrogens is 400 g/mol. The lowest BCUT2D eigenvalue weighted by Crippen LogP contribution is -1.95. The predicted octanol–water partition coefficient (Wildman–Crippen LogP) is 6.56. The molecule has 0 bridgehead atoms. The predicted molar refractivity (Wildman–Crippen MR) is 116 cm³/mol.